The summed E-state index contributed by atoms with van der Waals surface area (Å²) in [5, 5.41) is 20.1. The first-order valence-corrected chi connectivity index (χ1v) is 12.1. The van der Waals surface area contributed by atoms with Crippen LogP contribution in [0.15, 0.2) is 77.9 Å². The van der Waals surface area contributed by atoms with Gasteiger partial charge in [0.05, 0.1) is 13.2 Å². The smallest absolute Gasteiger partial charge is 0.187 e. The van der Waals surface area contributed by atoms with Crippen LogP contribution in [0.5, 0.6) is 23.0 Å². The predicted molar refractivity (Wildman–Crippen MR) is 141 cm³/mol. The van der Waals surface area contributed by atoms with Gasteiger partial charge in [0.2, 0.25) is 0 Å². The van der Waals surface area contributed by atoms with Crippen LogP contribution in [0, 0.1) is 0 Å². The number of aromatic hydroxyl groups is 2. The van der Waals surface area contributed by atoms with Crippen LogP contribution < -0.4 is 9.47 Å². The van der Waals surface area contributed by atoms with E-state index in [1.807, 2.05) is 44.2 Å². The summed E-state index contributed by atoms with van der Waals surface area (Å²) < 4.78 is 11.0. The minimum Gasteiger partial charge on any atom is -0.504 e. The number of rotatable bonds is 8. The van der Waals surface area contributed by atoms with Crippen LogP contribution in [-0.2, 0) is 11.3 Å². The van der Waals surface area contributed by atoms with Crippen molar-refractivity contribution in [2.75, 3.05) is 26.3 Å². The summed E-state index contributed by atoms with van der Waals surface area (Å²) in [4.78, 5) is 15.8. The molecule has 0 atom stereocenters. The summed E-state index contributed by atoms with van der Waals surface area (Å²) in [7, 11) is 0. The summed E-state index contributed by atoms with van der Waals surface area (Å²) >= 11 is 0. The van der Waals surface area contributed by atoms with E-state index in [1.165, 1.54) is 0 Å². The van der Waals surface area contributed by atoms with Crippen molar-refractivity contribution in [2.45, 2.75) is 20.4 Å². The molecule has 1 fully saturated rings. The lowest BCUT2D eigenvalue weighted by Crippen LogP contribution is -2.37. The normalized spacial score (nSPS) is 16.4. The summed E-state index contributed by atoms with van der Waals surface area (Å²) in [6.45, 7) is 6.26. The Kier molecular flexibility index (Phi) is 8.08. The van der Waals surface area contributed by atoms with E-state index >= 15 is 0 Å². The van der Waals surface area contributed by atoms with Crippen molar-refractivity contribution in [3.8, 4) is 23.0 Å². The van der Waals surface area contributed by atoms with Gasteiger partial charge in [-0.2, -0.15) is 0 Å². The number of benzene rings is 3. The molecular weight excluding hydrogens is 454 g/mol. The molecule has 0 aromatic heterocycles. The number of hydrogen-bond donors (Lipinski definition) is 2. The minimum absolute atomic E-state index is 0.0311. The number of ketones is 1. The zero-order valence-corrected chi connectivity index (χ0v) is 20.6. The molecule has 2 N–H and O–H groups in total. The molecule has 0 saturated carbocycles. The molecule has 1 heterocycles. The largest absolute Gasteiger partial charge is 0.504 e. The number of carbonyl (C=O) groups excluding carboxylic acids is 1. The Morgan fingerprint density at radius 1 is 0.778 bits per heavy atom. The third-order valence-corrected chi connectivity index (χ3v) is 5.87. The molecule has 3 aromatic rings. The number of nitrogens with zero attached hydrogens (tertiary/aromatic N) is 1. The molecule has 6 nitrogen and oxygen atoms in total. The monoisotopic (exact) mass is 485 g/mol. The summed E-state index contributed by atoms with van der Waals surface area (Å²) in [6.07, 6.45) is 3.72. The highest BCUT2D eigenvalue weighted by Gasteiger charge is 2.26. The first kappa shape index (κ1) is 25.1. The number of piperidine rings is 1. The van der Waals surface area contributed by atoms with E-state index in [1.54, 1.807) is 36.4 Å². The highest BCUT2D eigenvalue weighted by atomic mass is 16.5. The van der Waals surface area contributed by atoms with Gasteiger partial charge in [-0.05, 0) is 67.0 Å². The maximum atomic E-state index is 13.6. The van der Waals surface area contributed by atoms with Crippen LogP contribution in [0.2, 0.25) is 0 Å². The molecule has 6 heteroatoms. The topological polar surface area (TPSA) is 79.2 Å². The Labute approximate surface area is 211 Å². The Hall–Kier alpha value is -4.03. The summed E-state index contributed by atoms with van der Waals surface area (Å²) in [6, 6.07) is 20.3. The number of likely N-dealkylation sites (tertiary alicyclic amines) is 1. The summed E-state index contributed by atoms with van der Waals surface area (Å²) in [5.74, 6) is 0.880. The van der Waals surface area contributed by atoms with Crippen molar-refractivity contribution in [1.29, 1.82) is 0 Å². The Morgan fingerprint density at radius 3 is 1.75 bits per heavy atom. The van der Waals surface area contributed by atoms with E-state index in [0.717, 1.165) is 16.7 Å². The van der Waals surface area contributed by atoms with Crippen molar-refractivity contribution >= 4 is 17.9 Å². The van der Waals surface area contributed by atoms with Gasteiger partial charge in [0.15, 0.2) is 28.8 Å². The van der Waals surface area contributed by atoms with E-state index in [9.17, 15) is 15.0 Å². The van der Waals surface area contributed by atoms with Gasteiger partial charge in [-0.3, -0.25) is 9.69 Å². The van der Waals surface area contributed by atoms with Gasteiger partial charge in [0.1, 0.15) is 0 Å². The molecule has 1 saturated heterocycles. The maximum absolute atomic E-state index is 13.6. The zero-order valence-electron chi connectivity index (χ0n) is 20.6. The molecule has 0 spiro atoms. The fourth-order valence-electron chi connectivity index (χ4n) is 4.25. The molecule has 0 aliphatic carbocycles. The number of phenols is 2. The molecule has 4 rings (SSSR count). The molecular formula is C30H31NO5. The third kappa shape index (κ3) is 6.15. The highest BCUT2D eigenvalue weighted by Crippen LogP contribution is 2.31. The fourth-order valence-corrected chi connectivity index (χ4v) is 4.25. The number of carbonyl (C=O) groups is 1. The van der Waals surface area contributed by atoms with E-state index in [0.29, 0.717) is 55.5 Å². The zero-order chi connectivity index (χ0) is 25.5. The van der Waals surface area contributed by atoms with Gasteiger partial charge >= 0.3 is 0 Å². The minimum atomic E-state index is -0.0311. The number of phenolic OH excluding ortho intramolecular Hbond substituents is 2. The standard InChI is InChI=1S/C30H31NO5/c1-3-35-28-16-22(10-12-26(28)32)14-24-19-31(18-21-8-6-5-7-9-21)20-25(30(24)34)15-23-11-13-27(33)29(17-23)36-4-2/h5-17,32-33H,3-4,18-20H2,1-2H3/b24-14-,25-15-. The molecule has 186 valence electrons. The Bertz CT molecular complexity index is 1200. The Morgan fingerprint density at radius 2 is 1.28 bits per heavy atom. The lowest BCUT2D eigenvalue weighted by molar-refractivity contribution is -0.113. The molecule has 36 heavy (non-hydrogen) atoms. The fraction of sp³-hybridized carbons (Fsp3) is 0.233. The van der Waals surface area contributed by atoms with E-state index < -0.39 is 0 Å². The van der Waals surface area contributed by atoms with Crippen LogP contribution in [0.25, 0.3) is 12.2 Å². The van der Waals surface area contributed by atoms with E-state index in [4.69, 9.17) is 9.47 Å². The average molecular weight is 486 g/mol. The third-order valence-electron chi connectivity index (χ3n) is 5.87. The van der Waals surface area contributed by atoms with Gasteiger partial charge in [-0.25, -0.2) is 0 Å². The van der Waals surface area contributed by atoms with Crippen molar-refractivity contribution in [3.05, 3.63) is 94.6 Å². The molecule has 0 bridgehead atoms. The second-order valence-electron chi connectivity index (χ2n) is 8.62. The maximum Gasteiger partial charge on any atom is 0.187 e. The molecule has 0 amide bonds. The highest BCUT2D eigenvalue weighted by molar-refractivity contribution is 6.14. The van der Waals surface area contributed by atoms with Crippen LogP contribution in [-0.4, -0.2) is 47.2 Å². The second kappa shape index (κ2) is 11.6. The number of hydrogen-bond acceptors (Lipinski definition) is 6. The molecule has 3 aromatic carbocycles. The summed E-state index contributed by atoms with van der Waals surface area (Å²) in [5.41, 5.74) is 4.03. The van der Waals surface area contributed by atoms with Crippen LogP contribution in [0.1, 0.15) is 30.5 Å². The van der Waals surface area contributed by atoms with Gasteiger partial charge in [0, 0.05) is 30.8 Å². The van der Waals surface area contributed by atoms with Gasteiger partial charge in [-0.1, -0.05) is 42.5 Å². The predicted octanol–water partition coefficient (Wildman–Crippen LogP) is 5.45. The number of ether oxygens (including phenoxy) is 2. The van der Waals surface area contributed by atoms with Crippen molar-refractivity contribution in [1.82, 2.24) is 4.90 Å². The average Bonchev–Trinajstić information content (AvgIpc) is 2.87. The van der Waals surface area contributed by atoms with Crippen molar-refractivity contribution in [2.24, 2.45) is 0 Å². The van der Waals surface area contributed by atoms with Crippen LogP contribution in [0.3, 0.4) is 0 Å². The number of Topliss-reactive ketones (excluding diaryl/α,β-unsaturated/α-hetero) is 1. The van der Waals surface area contributed by atoms with Crippen molar-refractivity contribution in [3.63, 3.8) is 0 Å². The van der Waals surface area contributed by atoms with Crippen LogP contribution in [0.4, 0.5) is 0 Å². The lowest BCUT2D eigenvalue weighted by Gasteiger charge is -2.30. The molecule has 0 radical (unpaired) electrons. The molecule has 1 aliphatic rings. The van der Waals surface area contributed by atoms with E-state index in [2.05, 4.69) is 17.0 Å². The second-order valence-corrected chi connectivity index (χ2v) is 8.62. The van der Waals surface area contributed by atoms with Crippen LogP contribution >= 0.6 is 0 Å². The SMILES string of the molecule is CCOc1cc(/C=C2/CN(Cc3ccccc3)C/C(=C/c3ccc(O)c(OCC)c3)C2=O)ccc1O. The van der Waals surface area contributed by atoms with Gasteiger partial charge < -0.3 is 19.7 Å². The molecule has 1 aliphatic heterocycles. The molecule has 0 unspecified atom stereocenters. The van der Waals surface area contributed by atoms with Crippen molar-refractivity contribution < 1.29 is 24.5 Å². The first-order chi connectivity index (χ1) is 17.5. The van der Waals surface area contributed by atoms with Gasteiger partial charge in [0.25, 0.3) is 0 Å². The van der Waals surface area contributed by atoms with E-state index in [-0.39, 0.29) is 17.3 Å². The lowest BCUT2D eigenvalue weighted by atomic mass is 9.93. The van der Waals surface area contributed by atoms with Gasteiger partial charge in [-0.15, -0.1) is 0 Å². The first-order valence-electron chi connectivity index (χ1n) is 12.1. The quantitative estimate of drug-likeness (QED) is 0.413. The Balaban J connectivity index is 1.70.